The van der Waals surface area contributed by atoms with Crippen LogP contribution in [0.3, 0.4) is 0 Å². The molecule has 4 aromatic rings. The van der Waals surface area contributed by atoms with Crippen molar-refractivity contribution in [2.24, 2.45) is 0 Å². The summed E-state index contributed by atoms with van der Waals surface area (Å²) >= 11 is 3.42. The first-order chi connectivity index (χ1) is 14.1. The molecule has 0 saturated heterocycles. The molecule has 0 aliphatic heterocycles. The summed E-state index contributed by atoms with van der Waals surface area (Å²) in [6.45, 7) is 1.96. The van der Waals surface area contributed by atoms with Crippen molar-refractivity contribution in [2.75, 3.05) is 0 Å². The summed E-state index contributed by atoms with van der Waals surface area (Å²) in [4.78, 5) is 12.6. The van der Waals surface area contributed by atoms with Gasteiger partial charge in [-0.1, -0.05) is 46.3 Å². The molecule has 0 saturated carbocycles. The lowest BCUT2D eigenvalue weighted by atomic mass is 10.1. The smallest absolute Gasteiger partial charge is 0.251 e. The number of rotatable bonds is 5. The minimum absolute atomic E-state index is 0.0975. The predicted octanol–water partition coefficient (Wildman–Crippen LogP) is 5.66. The van der Waals surface area contributed by atoms with Crippen molar-refractivity contribution in [1.29, 1.82) is 0 Å². The Morgan fingerprint density at radius 2 is 1.45 bits per heavy atom. The van der Waals surface area contributed by atoms with Gasteiger partial charge in [-0.25, -0.2) is 0 Å². The molecule has 1 amide bonds. The zero-order valence-electron chi connectivity index (χ0n) is 15.7. The number of hydrogen-bond donors (Lipinski definition) is 1. The highest BCUT2D eigenvalue weighted by atomic mass is 79.9. The molecule has 0 radical (unpaired) electrons. The highest BCUT2D eigenvalue weighted by Crippen LogP contribution is 2.24. The first kappa shape index (κ1) is 19.1. The molecular formula is C23H18BrN3O2. The molecule has 0 aliphatic rings. The number of benzene rings is 3. The summed E-state index contributed by atoms with van der Waals surface area (Å²) in [6, 6.07) is 24.5. The molecule has 1 atom stereocenters. The molecule has 0 fully saturated rings. The molecule has 1 aromatic heterocycles. The molecule has 5 nitrogen and oxygen atoms in total. The molecular weight excluding hydrogens is 430 g/mol. The van der Waals surface area contributed by atoms with Gasteiger partial charge in [-0.15, -0.1) is 10.2 Å². The molecule has 1 heterocycles. The number of hydrogen-bond acceptors (Lipinski definition) is 4. The van der Waals surface area contributed by atoms with E-state index in [1.165, 1.54) is 0 Å². The van der Waals surface area contributed by atoms with Crippen LogP contribution in [0.1, 0.15) is 28.9 Å². The van der Waals surface area contributed by atoms with E-state index in [9.17, 15) is 4.79 Å². The summed E-state index contributed by atoms with van der Waals surface area (Å²) < 4.78 is 6.77. The molecule has 0 aliphatic carbocycles. The summed E-state index contributed by atoms with van der Waals surface area (Å²) in [7, 11) is 0. The zero-order chi connectivity index (χ0) is 20.2. The van der Waals surface area contributed by atoms with Gasteiger partial charge in [-0.3, -0.25) is 4.79 Å². The van der Waals surface area contributed by atoms with Gasteiger partial charge in [0.25, 0.3) is 5.91 Å². The van der Waals surface area contributed by atoms with Crippen LogP contribution < -0.4 is 5.32 Å². The van der Waals surface area contributed by atoms with Gasteiger partial charge in [0.15, 0.2) is 0 Å². The number of amides is 1. The third kappa shape index (κ3) is 4.43. The lowest BCUT2D eigenvalue weighted by Crippen LogP contribution is -2.26. The molecule has 144 valence electrons. The van der Waals surface area contributed by atoms with Gasteiger partial charge in [-0.2, -0.15) is 0 Å². The quantitative estimate of drug-likeness (QED) is 0.428. The molecule has 4 rings (SSSR count). The van der Waals surface area contributed by atoms with Crippen LogP contribution in [0.2, 0.25) is 0 Å². The van der Waals surface area contributed by atoms with Crippen LogP contribution in [0.25, 0.3) is 22.9 Å². The normalized spacial score (nSPS) is 11.8. The van der Waals surface area contributed by atoms with Gasteiger partial charge in [0.1, 0.15) is 0 Å². The topological polar surface area (TPSA) is 68.0 Å². The maximum absolute atomic E-state index is 12.6. The standard InChI is InChI=1S/C23H18BrN3O2/c1-15(16-11-13-20(24)14-12-16)25-21(28)17-7-9-19(10-8-17)23-27-26-22(29-23)18-5-3-2-4-6-18/h2-15H,1H3,(H,25,28). The number of carbonyl (C=O) groups is 1. The maximum atomic E-state index is 12.6. The number of halogens is 1. The summed E-state index contributed by atoms with van der Waals surface area (Å²) in [5, 5.41) is 11.2. The van der Waals surface area contributed by atoms with Gasteiger partial charge < -0.3 is 9.73 Å². The second kappa shape index (κ2) is 8.41. The summed E-state index contributed by atoms with van der Waals surface area (Å²) in [6.07, 6.45) is 0. The zero-order valence-corrected chi connectivity index (χ0v) is 17.3. The van der Waals surface area contributed by atoms with E-state index in [0.29, 0.717) is 17.3 Å². The average molecular weight is 448 g/mol. The summed E-state index contributed by atoms with van der Waals surface area (Å²) in [5.74, 6) is 0.743. The van der Waals surface area contributed by atoms with Crippen molar-refractivity contribution < 1.29 is 9.21 Å². The lowest BCUT2D eigenvalue weighted by molar-refractivity contribution is 0.0940. The van der Waals surface area contributed by atoms with Crippen LogP contribution >= 0.6 is 15.9 Å². The number of carbonyl (C=O) groups excluding carboxylic acids is 1. The van der Waals surface area contributed by atoms with Gasteiger partial charge in [0, 0.05) is 21.2 Å². The third-order valence-electron chi connectivity index (χ3n) is 4.56. The minimum Gasteiger partial charge on any atom is -0.416 e. The molecule has 1 unspecified atom stereocenters. The van der Waals surface area contributed by atoms with Crippen LogP contribution in [0, 0.1) is 0 Å². The lowest BCUT2D eigenvalue weighted by Gasteiger charge is -2.14. The van der Waals surface area contributed by atoms with E-state index in [4.69, 9.17) is 4.42 Å². The molecule has 1 N–H and O–H groups in total. The van der Waals surface area contributed by atoms with Gasteiger partial charge in [0.2, 0.25) is 11.8 Å². The minimum atomic E-state index is -0.137. The number of aromatic nitrogens is 2. The Morgan fingerprint density at radius 3 is 2.07 bits per heavy atom. The largest absolute Gasteiger partial charge is 0.416 e. The SMILES string of the molecule is CC(NC(=O)c1ccc(-c2nnc(-c3ccccc3)o2)cc1)c1ccc(Br)cc1. The van der Waals surface area contributed by atoms with E-state index in [1.54, 1.807) is 12.1 Å². The maximum Gasteiger partial charge on any atom is 0.251 e. The average Bonchev–Trinajstić information content (AvgIpc) is 3.25. The Balaban J connectivity index is 1.45. The van der Waals surface area contributed by atoms with E-state index in [1.807, 2.05) is 73.7 Å². The molecule has 0 bridgehead atoms. The fraction of sp³-hybridized carbons (Fsp3) is 0.0870. The fourth-order valence-electron chi connectivity index (χ4n) is 2.92. The molecule has 29 heavy (non-hydrogen) atoms. The second-order valence-corrected chi connectivity index (χ2v) is 7.52. The van der Waals surface area contributed by atoms with Crippen LogP contribution in [0.5, 0.6) is 0 Å². The van der Waals surface area contributed by atoms with Crippen LogP contribution in [0.15, 0.2) is 87.8 Å². The number of nitrogens with zero attached hydrogens (tertiary/aromatic N) is 2. The molecule has 3 aromatic carbocycles. The van der Waals surface area contributed by atoms with E-state index < -0.39 is 0 Å². The van der Waals surface area contributed by atoms with E-state index >= 15 is 0 Å². The van der Waals surface area contributed by atoms with Gasteiger partial charge >= 0.3 is 0 Å². The highest BCUT2D eigenvalue weighted by molar-refractivity contribution is 9.10. The first-order valence-corrected chi connectivity index (χ1v) is 9.95. The second-order valence-electron chi connectivity index (χ2n) is 6.60. The van der Waals surface area contributed by atoms with Gasteiger partial charge in [0.05, 0.1) is 6.04 Å². The van der Waals surface area contributed by atoms with Crippen LogP contribution in [-0.4, -0.2) is 16.1 Å². The monoisotopic (exact) mass is 447 g/mol. The van der Waals surface area contributed by atoms with Crippen molar-refractivity contribution in [1.82, 2.24) is 15.5 Å². The highest BCUT2D eigenvalue weighted by Gasteiger charge is 2.14. The Kier molecular flexibility index (Phi) is 5.53. The van der Waals surface area contributed by atoms with Crippen LogP contribution in [0.4, 0.5) is 0 Å². The van der Waals surface area contributed by atoms with Crippen LogP contribution in [-0.2, 0) is 0 Å². The molecule has 0 spiro atoms. The van der Waals surface area contributed by atoms with Crippen molar-refractivity contribution in [3.8, 4) is 22.9 Å². The number of nitrogens with one attached hydrogen (secondary N) is 1. The van der Waals surface area contributed by atoms with Crippen molar-refractivity contribution >= 4 is 21.8 Å². The van der Waals surface area contributed by atoms with Crippen molar-refractivity contribution in [2.45, 2.75) is 13.0 Å². The predicted molar refractivity (Wildman–Crippen MR) is 115 cm³/mol. The van der Waals surface area contributed by atoms with E-state index in [0.717, 1.165) is 21.2 Å². The van der Waals surface area contributed by atoms with E-state index in [-0.39, 0.29) is 11.9 Å². The third-order valence-corrected chi connectivity index (χ3v) is 5.09. The van der Waals surface area contributed by atoms with Crippen molar-refractivity contribution in [3.63, 3.8) is 0 Å². The Hall–Kier alpha value is -3.25. The Labute approximate surface area is 176 Å². The first-order valence-electron chi connectivity index (χ1n) is 9.16. The Morgan fingerprint density at radius 1 is 0.862 bits per heavy atom. The summed E-state index contributed by atoms with van der Waals surface area (Å²) in [5.41, 5.74) is 3.24. The molecule has 6 heteroatoms. The van der Waals surface area contributed by atoms with Gasteiger partial charge in [-0.05, 0) is 61.0 Å². The fourth-order valence-corrected chi connectivity index (χ4v) is 3.18. The van der Waals surface area contributed by atoms with E-state index in [2.05, 4.69) is 31.4 Å². The Bertz CT molecular complexity index is 1110. The van der Waals surface area contributed by atoms with Crippen molar-refractivity contribution in [3.05, 3.63) is 94.5 Å².